The van der Waals surface area contributed by atoms with Crippen molar-refractivity contribution in [2.24, 2.45) is 46.8 Å². The second kappa shape index (κ2) is 1.75. The minimum Gasteiger partial charge on any atom is -0.469 e. The Hall–Kier alpha value is -0.570. The molecule has 80 valence electrons. The lowest BCUT2D eigenvalue weighted by Gasteiger charge is -2.38. The molecule has 0 spiro atoms. The fourth-order valence-electron chi connectivity index (χ4n) is 6.43. The Morgan fingerprint density at radius 2 is 2.07 bits per heavy atom. The van der Waals surface area contributed by atoms with Crippen LogP contribution in [0.5, 0.6) is 0 Å². The Balaban J connectivity index is 1.69. The first kappa shape index (κ1) is 7.66. The van der Waals surface area contributed by atoms with Gasteiger partial charge in [-0.3, -0.25) is 4.79 Å². The number of fused-ring (bicyclic) bond motifs is 1. The molecule has 6 aliphatic carbocycles. The van der Waals surface area contributed by atoms with Gasteiger partial charge in [0.25, 0.3) is 0 Å². The van der Waals surface area contributed by atoms with E-state index in [2.05, 4.69) is 0 Å². The van der Waals surface area contributed by atoms with Crippen LogP contribution in [0, 0.1) is 46.8 Å². The zero-order valence-electron chi connectivity index (χ0n) is 8.59. The van der Waals surface area contributed by atoms with Gasteiger partial charge in [-0.15, -0.1) is 0 Å². The highest BCUT2D eigenvalue weighted by Gasteiger charge is 2.99. The number of methoxy groups -OCH3 is 1. The number of ether oxygens (including phenoxy) is 1. The Bertz CT molecular complexity index is 402. The van der Waals surface area contributed by atoms with Crippen LogP contribution < -0.4 is 0 Å². The van der Waals surface area contributed by atoms with Gasteiger partial charge in [-0.1, -0.05) is 0 Å². The minimum absolute atomic E-state index is 0.0362. The minimum atomic E-state index is -0.114. The Morgan fingerprint density at radius 3 is 2.67 bits per heavy atom. The summed E-state index contributed by atoms with van der Waals surface area (Å²) in [5.41, 5.74) is -0.100. The molecule has 0 saturated heterocycles. The van der Waals surface area contributed by atoms with Crippen LogP contribution in [0.25, 0.3) is 0 Å². The maximum Gasteiger partial charge on any atom is 0.312 e. The SMILES string of the molecule is COC(=O)[C@]12[C@@H]3[C@@H]4[C@@H]5[C@@H]1[C@H]2[C@@H](C[C@H]5O)[C@@H]43. The molecule has 6 fully saturated rings. The van der Waals surface area contributed by atoms with Crippen LogP contribution in [0.3, 0.4) is 0 Å². The average Bonchev–Trinajstić information content (AvgIpc) is 3.06. The maximum absolute atomic E-state index is 12.0. The molecule has 0 unspecified atom stereocenters. The van der Waals surface area contributed by atoms with Gasteiger partial charge in [-0.2, -0.15) is 0 Å². The van der Waals surface area contributed by atoms with Crippen molar-refractivity contribution >= 4 is 5.97 Å². The Labute approximate surface area is 87.8 Å². The summed E-state index contributed by atoms with van der Waals surface area (Å²) >= 11 is 0. The molecule has 9 atom stereocenters. The third-order valence-corrected chi connectivity index (χ3v) is 6.38. The smallest absolute Gasteiger partial charge is 0.312 e. The number of hydrogen-bond donors (Lipinski definition) is 1. The second-order valence-corrected chi connectivity index (χ2v) is 6.20. The van der Waals surface area contributed by atoms with Crippen molar-refractivity contribution in [3.8, 4) is 0 Å². The van der Waals surface area contributed by atoms with E-state index in [4.69, 9.17) is 4.74 Å². The number of esters is 1. The first-order chi connectivity index (χ1) is 7.24. The summed E-state index contributed by atoms with van der Waals surface area (Å²) in [6.45, 7) is 0. The van der Waals surface area contributed by atoms with Crippen molar-refractivity contribution in [3.05, 3.63) is 0 Å². The summed E-state index contributed by atoms with van der Waals surface area (Å²) in [5.74, 6) is 4.32. The van der Waals surface area contributed by atoms with E-state index in [1.165, 1.54) is 7.11 Å². The quantitative estimate of drug-likeness (QED) is 0.627. The molecule has 0 aromatic heterocycles. The molecular weight excluding hydrogens is 192 g/mol. The van der Waals surface area contributed by atoms with Crippen LogP contribution in [0.4, 0.5) is 0 Å². The third kappa shape index (κ3) is 0.465. The number of aliphatic hydroxyl groups is 1. The van der Waals surface area contributed by atoms with Crippen LogP contribution in [0.15, 0.2) is 0 Å². The van der Waals surface area contributed by atoms with Gasteiger partial charge >= 0.3 is 5.97 Å². The van der Waals surface area contributed by atoms with E-state index in [-0.39, 0.29) is 17.5 Å². The molecule has 15 heavy (non-hydrogen) atoms. The molecule has 0 radical (unpaired) electrons. The highest BCUT2D eigenvalue weighted by molar-refractivity contribution is 5.86. The number of aliphatic hydroxyl groups excluding tert-OH is 1. The zero-order valence-corrected chi connectivity index (χ0v) is 8.59. The van der Waals surface area contributed by atoms with Crippen molar-refractivity contribution in [2.75, 3.05) is 7.11 Å². The predicted molar refractivity (Wildman–Crippen MR) is 49.5 cm³/mol. The van der Waals surface area contributed by atoms with Crippen molar-refractivity contribution in [1.29, 1.82) is 0 Å². The summed E-state index contributed by atoms with van der Waals surface area (Å²) in [5, 5.41) is 10.0. The fraction of sp³-hybridized carbons (Fsp3) is 0.917. The lowest BCUT2D eigenvalue weighted by molar-refractivity contribution is -0.148. The zero-order chi connectivity index (χ0) is 10.1. The van der Waals surface area contributed by atoms with Crippen molar-refractivity contribution < 1.29 is 14.6 Å². The Morgan fingerprint density at radius 1 is 1.27 bits per heavy atom. The predicted octanol–water partition coefficient (Wildman–Crippen LogP) is 0.278. The molecule has 1 N–H and O–H groups in total. The van der Waals surface area contributed by atoms with E-state index in [9.17, 15) is 9.90 Å². The maximum atomic E-state index is 12.0. The number of carbonyl (C=O) groups excluding carboxylic acids is 1. The molecule has 0 amide bonds. The number of hydrogen-bond acceptors (Lipinski definition) is 3. The summed E-state index contributed by atoms with van der Waals surface area (Å²) < 4.78 is 5.01. The van der Waals surface area contributed by atoms with E-state index >= 15 is 0 Å². The topological polar surface area (TPSA) is 46.5 Å². The summed E-state index contributed by atoms with van der Waals surface area (Å²) in [6.07, 6.45) is 0.846. The lowest BCUT2D eigenvalue weighted by Crippen LogP contribution is -2.39. The molecule has 3 heteroatoms. The largest absolute Gasteiger partial charge is 0.469 e. The molecule has 0 aliphatic heterocycles. The molecular formula is C12H14O3. The monoisotopic (exact) mass is 206 g/mol. The fourth-order valence-corrected chi connectivity index (χ4v) is 6.43. The molecule has 6 aliphatic rings. The molecule has 0 heterocycles. The van der Waals surface area contributed by atoms with Gasteiger partial charge in [0.1, 0.15) is 0 Å². The van der Waals surface area contributed by atoms with Gasteiger partial charge in [0, 0.05) is 0 Å². The molecule has 0 aromatic rings. The van der Waals surface area contributed by atoms with Gasteiger partial charge in [0.2, 0.25) is 0 Å². The third-order valence-electron chi connectivity index (χ3n) is 6.38. The molecule has 3 nitrogen and oxygen atoms in total. The highest BCUT2D eigenvalue weighted by atomic mass is 16.5. The highest BCUT2D eigenvalue weighted by Crippen LogP contribution is 2.97. The normalized spacial score (nSPS) is 74.3. The molecule has 6 rings (SSSR count). The average molecular weight is 206 g/mol. The lowest BCUT2D eigenvalue weighted by atomic mass is 9.69. The van der Waals surface area contributed by atoms with E-state index in [1.807, 2.05) is 0 Å². The van der Waals surface area contributed by atoms with Crippen LogP contribution in [-0.2, 0) is 9.53 Å². The Kier molecular flexibility index (Phi) is 0.894. The van der Waals surface area contributed by atoms with E-state index in [1.54, 1.807) is 0 Å². The van der Waals surface area contributed by atoms with Gasteiger partial charge in [-0.05, 0) is 47.8 Å². The van der Waals surface area contributed by atoms with Crippen LogP contribution in [-0.4, -0.2) is 24.3 Å². The van der Waals surface area contributed by atoms with E-state index in [0.29, 0.717) is 35.5 Å². The van der Waals surface area contributed by atoms with E-state index in [0.717, 1.165) is 12.3 Å². The number of carbonyl (C=O) groups is 1. The van der Waals surface area contributed by atoms with Gasteiger partial charge in [0.15, 0.2) is 0 Å². The molecule has 2 bridgehead atoms. The van der Waals surface area contributed by atoms with Gasteiger partial charge < -0.3 is 9.84 Å². The molecule has 6 saturated carbocycles. The first-order valence-electron chi connectivity index (χ1n) is 6.01. The summed E-state index contributed by atoms with van der Waals surface area (Å²) in [4.78, 5) is 12.0. The molecule has 0 aromatic carbocycles. The first-order valence-corrected chi connectivity index (χ1v) is 6.01. The van der Waals surface area contributed by atoms with E-state index < -0.39 is 0 Å². The van der Waals surface area contributed by atoms with Crippen LogP contribution in [0.2, 0.25) is 0 Å². The van der Waals surface area contributed by atoms with Crippen LogP contribution in [0.1, 0.15) is 6.42 Å². The van der Waals surface area contributed by atoms with Crippen molar-refractivity contribution in [3.63, 3.8) is 0 Å². The standard InChI is InChI=1S/C12H14O3/c1-15-11(14)12-8-3-2-4(13)6(10(8)12)7-5(3)9(7)12/h3-10,13H,2H2,1H3/t3-,4+,5-,6+,7-,8+,9-,10+,12+/m0/s1. The second-order valence-electron chi connectivity index (χ2n) is 6.20. The van der Waals surface area contributed by atoms with Crippen molar-refractivity contribution in [1.82, 2.24) is 0 Å². The summed E-state index contributed by atoms with van der Waals surface area (Å²) in [7, 11) is 1.51. The van der Waals surface area contributed by atoms with Crippen molar-refractivity contribution in [2.45, 2.75) is 12.5 Å². The van der Waals surface area contributed by atoms with Gasteiger partial charge in [0.05, 0.1) is 18.6 Å². The number of rotatable bonds is 1. The van der Waals surface area contributed by atoms with Gasteiger partial charge in [-0.25, -0.2) is 0 Å². The van der Waals surface area contributed by atoms with Crippen LogP contribution >= 0.6 is 0 Å². The summed E-state index contributed by atoms with van der Waals surface area (Å²) in [6, 6.07) is 0.